The van der Waals surface area contributed by atoms with Gasteiger partial charge in [0, 0.05) is 32.4 Å². The first-order valence-corrected chi connectivity index (χ1v) is 6.20. The summed E-state index contributed by atoms with van der Waals surface area (Å²) in [5, 5.41) is 3.04. The van der Waals surface area contributed by atoms with Crippen LogP contribution in [0.5, 0.6) is 0 Å². The highest BCUT2D eigenvalue weighted by atomic mass is 15.2. The third kappa shape index (κ3) is 3.00. The Balaban J connectivity index is 2.31. The van der Waals surface area contributed by atoms with E-state index in [1.54, 1.807) is 0 Å². The first-order valence-electron chi connectivity index (χ1n) is 6.20. The normalized spacial score (nSPS) is 10.3. The first kappa shape index (κ1) is 13.3. The van der Waals surface area contributed by atoms with E-state index in [2.05, 4.69) is 15.3 Å². The predicted octanol–water partition coefficient (Wildman–Crippen LogP) is 2.05. The van der Waals surface area contributed by atoms with Crippen molar-refractivity contribution in [3.05, 3.63) is 41.7 Å². The summed E-state index contributed by atoms with van der Waals surface area (Å²) in [5.41, 5.74) is 7.79. The van der Waals surface area contributed by atoms with Gasteiger partial charge in [0.1, 0.15) is 17.5 Å². The van der Waals surface area contributed by atoms with E-state index in [0.29, 0.717) is 6.54 Å². The molecule has 2 aromatic rings. The Morgan fingerprint density at radius 3 is 2.47 bits per heavy atom. The van der Waals surface area contributed by atoms with Gasteiger partial charge in [-0.2, -0.15) is 0 Å². The van der Waals surface area contributed by atoms with Gasteiger partial charge in [-0.05, 0) is 24.6 Å². The molecule has 1 aromatic heterocycles. The van der Waals surface area contributed by atoms with Crippen molar-refractivity contribution in [1.82, 2.24) is 9.97 Å². The molecule has 3 N–H and O–H groups in total. The number of nitrogens with one attached hydrogen (secondary N) is 1. The summed E-state index contributed by atoms with van der Waals surface area (Å²) in [5.74, 6) is 2.41. The molecule has 0 aliphatic rings. The maximum Gasteiger partial charge on any atom is 0.138 e. The van der Waals surface area contributed by atoms with E-state index >= 15 is 0 Å². The fraction of sp³-hybridized carbons (Fsp3) is 0.286. The van der Waals surface area contributed by atoms with Crippen LogP contribution in [0.3, 0.4) is 0 Å². The van der Waals surface area contributed by atoms with Gasteiger partial charge in [0.2, 0.25) is 0 Å². The molecule has 19 heavy (non-hydrogen) atoms. The van der Waals surface area contributed by atoms with Crippen molar-refractivity contribution in [2.24, 2.45) is 5.73 Å². The zero-order chi connectivity index (χ0) is 13.8. The third-order valence-corrected chi connectivity index (χ3v) is 2.98. The number of aromatic nitrogens is 2. The van der Waals surface area contributed by atoms with Gasteiger partial charge in [0.05, 0.1) is 0 Å². The largest absolute Gasteiger partial charge is 0.373 e. The van der Waals surface area contributed by atoms with Crippen molar-refractivity contribution in [3.63, 3.8) is 0 Å². The number of benzene rings is 1. The van der Waals surface area contributed by atoms with Gasteiger partial charge in [-0.1, -0.05) is 12.1 Å². The molecule has 0 saturated heterocycles. The topological polar surface area (TPSA) is 67.1 Å². The summed E-state index contributed by atoms with van der Waals surface area (Å²) < 4.78 is 0. The lowest BCUT2D eigenvalue weighted by Gasteiger charge is -2.19. The van der Waals surface area contributed by atoms with Crippen LogP contribution in [0.25, 0.3) is 0 Å². The van der Waals surface area contributed by atoms with Crippen molar-refractivity contribution in [2.75, 3.05) is 24.3 Å². The highest BCUT2D eigenvalue weighted by Crippen LogP contribution is 2.23. The summed E-state index contributed by atoms with van der Waals surface area (Å²) in [6, 6.07) is 10.1. The monoisotopic (exact) mass is 257 g/mol. The molecule has 1 heterocycles. The van der Waals surface area contributed by atoms with Crippen molar-refractivity contribution in [3.8, 4) is 0 Å². The highest BCUT2D eigenvalue weighted by molar-refractivity contribution is 5.62. The van der Waals surface area contributed by atoms with Crippen molar-refractivity contribution >= 4 is 17.3 Å². The van der Waals surface area contributed by atoms with E-state index in [9.17, 15) is 0 Å². The Hall–Kier alpha value is -2.14. The van der Waals surface area contributed by atoms with E-state index in [1.165, 1.54) is 0 Å². The van der Waals surface area contributed by atoms with Gasteiger partial charge < -0.3 is 16.0 Å². The van der Waals surface area contributed by atoms with Crippen LogP contribution in [0.2, 0.25) is 0 Å². The summed E-state index contributed by atoms with van der Waals surface area (Å²) >= 11 is 0. The lowest BCUT2D eigenvalue weighted by atomic mass is 10.2. The van der Waals surface area contributed by atoms with Crippen molar-refractivity contribution < 1.29 is 0 Å². The molecule has 0 radical (unpaired) electrons. The average Bonchev–Trinajstić information content (AvgIpc) is 2.46. The van der Waals surface area contributed by atoms with Crippen LogP contribution in [-0.4, -0.2) is 24.1 Å². The summed E-state index contributed by atoms with van der Waals surface area (Å²) in [4.78, 5) is 10.8. The standard InChI is InChI=1S/C14H19N5/c1-10-17-13(16-2)8-14(18-10)19(3)12-6-4-11(9-15)5-7-12/h4-8H,9,15H2,1-3H3,(H,16,17,18). The minimum absolute atomic E-state index is 0.556. The summed E-state index contributed by atoms with van der Waals surface area (Å²) in [6.45, 7) is 2.44. The maximum absolute atomic E-state index is 5.60. The Labute approximate surface area is 113 Å². The number of hydrogen-bond acceptors (Lipinski definition) is 5. The van der Waals surface area contributed by atoms with E-state index in [0.717, 1.165) is 28.7 Å². The van der Waals surface area contributed by atoms with Crippen LogP contribution in [0, 0.1) is 6.92 Å². The average molecular weight is 257 g/mol. The second-order valence-corrected chi connectivity index (χ2v) is 4.34. The molecule has 0 saturated carbocycles. The molecule has 0 fully saturated rings. The number of rotatable bonds is 4. The summed E-state index contributed by atoms with van der Waals surface area (Å²) in [7, 11) is 3.83. The van der Waals surface area contributed by atoms with Crippen LogP contribution in [0.4, 0.5) is 17.3 Å². The molecular weight excluding hydrogens is 238 g/mol. The smallest absolute Gasteiger partial charge is 0.138 e. The lowest BCUT2D eigenvalue weighted by molar-refractivity contribution is 1.01. The van der Waals surface area contributed by atoms with Crippen molar-refractivity contribution in [1.29, 1.82) is 0 Å². The van der Waals surface area contributed by atoms with E-state index in [1.807, 2.05) is 56.3 Å². The van der Waals surface area contributed by atoms with Gasteiger partial charge in [-0.3, -0.25) is 0 Å². The Bertz CT molecular complexity index is 550. The number of anilines is 3. The maximum atomic E-state index is 5.60. The molecule has 0 atom stereocenters. The molecule has 5 nitrogen and oxygen atoms in total. The van der Waals surface area contributed by atoms with Crippen LogP contribution >= 0.6 is 0 Å². The lowest BCUT2D eigenvalue weighted by Crippen LogP contribution is -2.13. The van der Waals surface area contributed by atoms with Gasteiger partial charge in [0.15, 0.2) is 0 Å². The molecule has 100 valence electrons. The van der Waals surface area contributed by atoms with Crippen LogP contribution in [0.1, 0.15) is 11.4 Å². The number of nitrogens with zero attached hydrogens (tertiary/aromatic N) is 3. The van der Waals surface area contributed by atoms with Gasteiger partial charge in [-0.15, -0.1) is 0 Å². The molecule has 0 bridgehead atoms. The first-order chi connectivity index (χ1) is 9.13. The minimum atomic E-state index is 0.556. The van der Waals surface area contributed by atoms with Gasteiger partial charge in [-0.25, -0.2) is 9.97 Å². The fourth-order valence-corrected chi connectivity index (χ4v) is 1.84. The third-order valence-electron chi connectivity index (χ3n) is 2.98. The minimum Gasteiger partial charge on any atom is -0.373 e. The molecule has 0 amide bonds. The molecule has 2 rings (SSSR count). The Kier molecular flexibility index (Phi) is 3.97. The molecule has 5 heteroatoms. The number of aryl methyl sites for hydroxylation is 1. The second kappa shape index (κ2) is 5.67. The Morgan fingerprint density at radius 1 is 1.21 bits per heavy atom. The van der Waals surface area contributed by atoms with E-state index in [-0.39, 0.29) is 0 Å². The quantitative estimate of drug-likeness (QED) is 0.877. The van der Waals surface area contributed by atoms with Gasteiger partial charge in [0.25, 0.3) is 0 Å². The number of hydrogen-bond donors (Lipinski definition) is 2. The van der Waals surface area contributed by atoms with Crippen LogP contribution < -0.4 is 16.0 Å². The molecule has 0 spiro atoms. The van der Waals surface area contributed by atoms with E-state index in [4.69, 9.17) is 5.73 Å². The molecule has 0 aliphatic carbocycles. The number of nitrogens with two attached hydrogens (primary N) is 1. The second-order valence-electron chi connectivity index (χ2n) is 4.34. The zero-order valence-corrected chi connectivity index (χ0v) is 11.5. The summed E-state index contributed by atoms with van der Waals surface area (Å²) in [6.07, 6.45) is 0. The van der Waals surface area contributed by atoms with Crippen molar-refractivity contribution in [2.45, 2.75) is 13.5 Å². The zero-order valence-electron chi connectivity index (χ0n) is 11.5. The molecular formula is C14H19N5. The highest BCUT2D eigenvalue weighted by Gasteiger charge is 2.08. The van der Waals surface area contributed by atoms with Crippen LogP contribution in [0.15, 0.2) is 30.3 Å². The Morgan fingerprint density at radius 2 is 1.89 bits per heavy atom. The molecule has 0 unspecified atom stereocenters. The molecule has 1 aromatic carbocycles. The predicted molar refractivity (Wildman–Crippen MR) is 78.7 cm³/mol. The van der Waals surface area contributed by atoms with E-state index < -0.39 is 0 Å². The SMILES string of the molecule is CNc1cc(N(C)c2ccc(CN)cc2)nc(C)n1. The van der Waals surface area contributed by atoms with Gasteiger partial charge >= 0.3 is 0 Å². The fourth-order valence-electron chi connectivity index (χ4n) is 1.84. The van der Waals surface area contributed by atoms with Crippen LogP contribution in [-0.2, 0) is 6.54 Å². The molecule has 0 aliphatic heterocycles.